The van der Waals surface area contributed by atoms with Crippen LogP contribution >= 0.6 is 0 Å². The number of nitrogens with zero attached hydrogens (tertiary/aromatic N) is 5. The van der Waals surface area contributed by atoms with Gasteiger partial charge in [0, 0.05) is 46.3 Å². The van der Waals surface area contributed by atoms with Gasteiger partial charge in [-0.3, -0.25) is 4.99 Å². The monoisotopic (exact) mass is 388 g/mol. The first-order valence-electron chi connectivity index (χ1n) is 11.2. The van der Waals surface area contributed by atoms with Gasteiger partial charge in [-0.25, -0.2) is 0 Å². The first-order chi connectivity index (χ1) is 13.7. The molecule has 7 nitrogen and oxygen atoms in total. The standard InChI is InChI=1S/C21H36N6O/c1-16-24-25-20-8-7-18(14-27(16)20)13-23-21(22-2)26-11-9-19(10-12-26)28-15-17-5-3-4-6-17/h17-19H,3-15H2,1-2H3,(H,22,23). The summed E-state index contributed by atoms with van der Waals surface area (Å²) in [6, 6.07) is 0. The Bertz CT molecular complexity index is 658. The molecule has 1 unspecified atom stereocenters. The molecule has 1 atom stereocenters. The van der Waals surface area contributed by atoms with Crippen LogP contribution in [0.2, 0.25) is 0 Å². The van der Waals surface area contributed by atoms with Gasteiger partial charge in [0.05, 0.1) is 6.10 Å². The average Bonchev–Trinajstić information content (AvgIpc) is 3.38. The zero-order valence-corrected chi connectivity index (χ0v) is 17.6. The van der Waals surface area contributed by atoms with Crippen molar-refractivity contribution < 1.29 is 4.74 Å². The normalized spacial score (nSPS) is 24.6. The molecule has 0 radical (unpaired) electrons. The number of fused-ring (bicyclic) bond motifs is 1. The van der Waals surface area contributed by atoms with E-state index in [4.69, 9.17) is 4.74 Å². The molecule has 7 heteroatoms. The number of rotatable bonds is 5. The quantitative estimate of drug-likeness (QED) is 0.620. The van der Waals surface area contributed by atoms with Crippen LogP contribution in [-0.4, -0.2) is 65.0 Å². The SMILES string of the molecule is CN=C(NCC1CCc2nnc(C)n2C1)N1CCC(OCC2CCCC2)CC1. The highest BCUT2D eigenvalue weighted by Crippen LogP contribution is 2.26. The van der Waals surface area contributed by atoms with Gasteiger partial charge in [-0.05, 0) is 50.9 Å². The van der Waals surface area contributed by atoms with Crippen molar-refractivity contribution in [1.82, 2.24) is 25.0 Å². The van der Waals surface area contributed by atoms with Crippen LogP contribution in [-0.2, 0) is 17.7 Å². The molecule has 0 bridgehead atoms. The molecule has 0 aromatic carbocycles. The van der Waals surface area contributed by atoms with E-state index in [2.05, 4.69) is 30.0 Å². The fourth-order valence-electron chi connectivity index (χ4n) is 4.95. The van der Waals surface area contributed by atoms with E-state index in [1.165, 1.54) is 32.1 Å². The molecule has 3 aliphatic rings. The predicted octanol–water partition coefficient (Wildman–Crippen LogP) is 2.40. The third kappa shape index (κ3) is 4.67. The van der Waals surface area contributed by atoms with Gasteiger partial charge in [0.1, 0.15) is 11.6 Å². The molecule has 2 aliphatic heterocycles. The van der Waals surface area contributed by atoms with Gasteiger partial charge in [0.25, 0.3) is 0 Å². The fraction of sp³-hybridized carbons (Fsp3) is 0.857. The number of aliphatic imine (C=N–C) groups is 1. The predicted molar refractivity (Wildman–Crippen MR) is 110 cm³/mol. The number of ether oxygens (including phenoxy) is 1. The summed E-state index contributed by atoms with van der Waals surface area (Å²) in [5, 5.41) is 12.1. The first-order valence-corrected chi connectivity index (χ1v) is 11.2. The van der Waals surface area contributed by atoms with Crippen LogP contribution in [0.3, 0.4) is 0 Å². The number of piperidine rings is 1. The average molecular weight is 389 g/mol. The van der Waals surface area contributed by atoms with Gasteiger partial charge in [0.15, 0.2) is 5.96 Å². The van der Waals surface area contributed by atoms with Crippen molar-refractivity contribution >= 4 is 5.96 Å². The molecule has 156 valence electrons. The number of hydrogen-bond acceptors (Lipinski definition) is 4. The molecular weight excluding hydrogens is 352 g/mol. The zero-order valence-electron chi connectivity index (χ0n) is 17.6. The van der Waals surface area contributed by atoms with Crippen LogP contribution in [0.25, 0.3) is 0 Å². The Balaban J connectivity index is 1.19. The van der Waals surface area contributed by atoms with Crippen LogP contribution in [0.1, 0.15) is 56.6 Å². The van der Waals surface area contributed by atoms with Crippen LogP contribution in [0.4, 0.5) is 0 Å². The van der Waals surface area contributed by atoms with E-state index < -0.39 is 0 Å². The Hall–Kier alpha value is -1.63. The summed E-state index contributed by atoms with van der Waals surface area (Å²) in [6.07, 6.45) is 10.4. The lowest BCUT2D eigenvalue weighted by Gasteiger charge is -2.35. The van der Waals surface area contributed by atoms with Gasteiger partial charge in [-0.1, -0.05) is 12.8 Å². The van der Waals surface area contributed by atoms with Crippen molar-refractivity contribution in [2.75, 3.05) is 33.3 Å². The second-order valence-electron chi connectivity index (χ2n) is 8.78. The van der Waals surface area contributed by atoms with Crippen LogP contribution in [0.5, 0.6) is 0 Å². The first kappa shape index (κ1) is 19.7. The Morgan fingerprint density at radius 3 is 2.64 bits per heavy atom. The number of nitrogens with one attached hydrogen (secondary N) is 1. The fourth-order valence-corrected chi connectivity index (χ4v) is 4.95. The maximum Gasteiger partial charge on any atom is 0.193 e. The smallest absolute Gasteiger partial charge is 0.193 e. The van der Waals surface area contributed by atoms with Crippen LogP contribution in [0.15, 0.2) is 4.99 Å². The molecule has 1 aliphatic carbocycles. The summed E-state index contributed by atoms with van der Waals surface area (Å²) in [4.78, 5) is 6.94. The van der Waals surface area contributed by atoms with Gasteiger partial charge < -0.3 is 19.5 Å². The highest BCUT2D eigenvalue weighted by molar-refractivity contribution is 5.79. The summed E-state index contributed by atoms with van der Waals surface area (Å²) in [5.74, 6) is 4.63. The molecule has 1 aromatic heterocycles. The maximum atomic E-state index is 6.22. The van der Waals surface area contributed by atoms with Crippen molar-refractivity contribution in [1.29, 1.82) is 0 Å². The maximum absolute atomic E-state index is 6.22. The highest BCUT2D eigenvalue weighted by Gasteiger charge is 2.25. The van der Waals surface area contributed by atoms with Gasteiger partial charge in [0.2, 0.25) is 0 Å². The van der Waals surface area contributed by atoms with Gasteiger partial charge in [-0.15, -0.1) is 10.2 Å². The minimum absolute atomic E-state index is 0.434. The van der Waals surface area contributed by atoms with E-state index in [9.17, 15) is 0 Å². The van der Waals surface area contributed by atoms with Crippen molar-refractivity contribution in [2.45, 2.75) is 70.9 Å². The van der Waals surface area contributed by atoms with Gasteiger partial charge >= 0.3 is 0 Å². The third-order valence-corrected chi connectivity index (χ3v) is 6.77. The number of aromatic nitrogens is 3. The summed E-state index contributed by atoms with van der Waals surface area (Å²) >= 11 is 0. The lowest BCUT2D eigenvalue weighted by Crippen LogP contribution is -2.48. The zero-order chi connectivity index (χ0) is 19.3. The minimum Gasteiger partial charge on any atom is -0.378 e. The Morgan fingerprint density at radius 1 is 1.11 bits per heavy atom. The third-order valence-electron chi connectivity index (χ3n) is 6.77. The summed E-state index contributed by atoms with van der Waals surface area (Å²) in [6.45, 7) is 7.06. The van der Waals surface area contributed by atoms with Crippen molar-refractivity contribution in [3.05, 3.63) is 11.6 Å². The molecule has 1 N–H and O–H groups in total. The number of guanidine groups is 1. The molecule has 4 rings (SSSR count). The van der Waals surface area contributed by atoms with E-state index in [1.807, 2.05) is 14.0 Å². The Morgan fingerprint density at radius 2 is 1.89 bits per heavy atom. The molecule has 1 saturated heterocycles. The Labute approximate surface area is 168 Å². The second kappa shape index (κ2) is 9.25. The topological polar surface area (TPSA) is 67.6 Å². The minimum atomic E-state index is 0.434. The highest BCUT2D eigenvalue weighted by atomic mass is 16.5. The molecule has 2 fully saturated rings. The van der Waals surface area contributed by atoms with Crippen molar-refractivity contribution in [2.24, 2.45) is 16.8 Å². The second-order valence-corrected chi connectivity index (χ2v) is 8.78. The van der Waals surface area contributed by atoms with E-state index in [0.717, 1.165) is 75.6 Å². The number of hydrogen-bond donors (Lipinski definition) is 1. The molecule has 0 amide bonds. The molecule has 28 heavy (non-hydrogen) atoms. The van der Waals surface area contributed by atoms with E-state index >= 15 is 0 Å². The van der Waals surface area contributed by atoms with E-state index in [0.29, 0.717) is 12.0 Å². The molecule has 1 aromatic rings. The largest absolute Gasteiger partial charge is 0.378 e. The molecule has 1 saturated carbocycles. The molecular formula is C21H36N6O. The van der Waals surface area contributed by atoms with Crippen LogP contribution in [0, 0.1) is 18.8 Å². The van der Waals surface area contributed by atoms with Crippen molar-refractivity contribution in [3.8, 4) is 0 Å². The molecule has 3 heterocycles. The summed E-state index contributed by atoms with van der Waals surface area (Å²) < 4.78 is 8.49. The summed E-state index contributed by atoms with van der Waals surface area (Å²) in [7, 11) is 1.90. The summed E-state index contributed by atoms with van der Waals surface area (Å²) in [5.41, 5.74) is 0. The number of likely N-dealkylation sites (tertiary alicyclic amines) is 1. The van der Waals surface area contributed by atoms with E-state index in [-0.39, 0.29) is 0 Å². The Kier molecular flexibility index (Phi) is 6.50. The van der Waals surface area contributed by atoms with E-state index in [1.54, 1.807) is 0 Å². The molecule has 0 spiro atoms. The van der Waals surface area contributed by atoms with Crippen molar-refractivity contribution in [3.63, 3.8) is 0 Å². The van der Waals surface area contributed by atoms with Gasteiger partial charge in [-0.2, -0.15) is 0 Å². The lowest BCUT2D eigenvalue weighted by atomic mass is 9.99. The lowest BCUT2D eigenvalue weighted by molar-refractivity contribution is 0.000987. The number of aryl methyl sites for hydroxylation is 2. The van der Waals surface area contributed by atoms with Crippen LogP contribution < -0.4 is 5.32 Å².